The fourth-order valence-corrected chi connectivity index (χ4v) is 7.90. The van der Waals surface area contributed by atoms with Crippen LogP contribution in [-0.4, -0.2) is 81.8 Å². The normalized spacial score (nSPS) is 23.6. The lowest BCUT2D eigenvalue weighted by molar-refractivity contribution is -0.183. The van der Waals surface area contributed by atoms with Crippen LogP contribution in [0.5, 0.6) is 17.2 Å². The van der Waals surface area contributed by atoms with Gasteiger partial charge in [-0.3, -0.25) is 4.79 Å². The predicted octanol–water partition coefficient (Wildman–Crippen LogP) is 11.6. The summed E-state index contributed by atoms with van der Waals surface area (Å²) < 4.78 is 47.1. The Balaban J connectivity index is 1.46. The number of cyclic esters (lactones) is 1. The maximum atomic E-state index is 14.1. The molecule has 12 heteroatoms. The number of hydrogen-bond acceptors (Lipinski definition) is 12. The van der Waals surface area contributed by atoms with E-state index in [4.69, 9.17) is 37.9 Å². The molecule has 72 heavy (non-hydrogen) atoms. The number of allylic oxidation sites excluding steroid dienone is 7. The van der Waals surface area contributed by atoms with E-state index in [0.717, 1.165) is 27.8 Å². The van der Waals surface area contributed by atoms with E-state index < -0.39 is 60.3 Å². The second-order valence-corrected chi connectivity index (χ2v) is 17.8. The largest absolute Gasteiger partial charge is 0.497 e. The van der Waals surface area contributed by atoms with Gasteiger partial charge in [0.1, 0.15) is 23.4 Å². The highest BCUT2D eigenvalue weighted by molar-refractivity contribution is 5.89. The average molecular weight is 981 g/mol. The fourth-order valence-electron chi connectivity index (χ4n) is 7.90. The highest BCUT2D eigenvalue weighted by atomic mass is 16.6. The van der Waals surface area contributed by atoms with Gasteiger partial charge in [-0.1, -0.05) is 104 Å². The first-order valence-electron chi connectivity index (χ1n) is 24.2. The lowest BCUT2D eigenvalue weighted by atomic mass is 9.89. The molecule has 5 rings (SSSR count). The minimum absolute atomic E-state index is 0.256. The summed E-state index contributed by atoms with van der Waals surface area (Å²) >= 11 is 0. The first-order chi connectivity index (χ1) is 34.7. The molecule has 3 aromatic carbocycles. The second kappa shape index (κ2) is 29.0. The summed E-state index contributed by atoms with van der Waals surface area (Å²) in [6.07, 6.45) is 21.2. The van der Waals surface area contributed by atoms with Gasteiger partial charge in [0.15, 0.2) is 18.3 Å². The number of benzene rings is 3. The topological polar surface area (TPSA) is 142 Å². The molecule has 0 saturated carbocycles. The van der Waals surface area contributed by atoms with Crippen LogP contribution in [0, 0.1) is 11.8 Å². The van der Waals surface area contributed by atoms with Crippen molar-refractivity contribution in [3.8, 4) is 17.2 Å². The van der Waals surface area contributed by atoms with Gasteiger partial charge in [-0.2, -0.15) is 0 Å². The Kier molecular flexibility index (Phi) is 22.4. The molecule has 0 radical (unpaired) electrons. The van der Waals surface area contributed by atoms with Gasteiger partial charge in [-0.25, -0.2) is 14.4 Å². The molecular weight excluding hydrogens is 913 g/mol. The summed E-state index contributed by atoms with van der Waals surface area (Å²) in [4.78, 5) is 54.8. The van der Waals surface area contributed by atoms with Crippen molar-refractivity contribution >= 4 is 42.1 Å². The molecule has 1 saturated heterocycles. The number of rotatable bonds is 18. The maximum absolute atomic E-state index is 14.1. The Bertz CT molecular complexity index is 2490. The van der Waals surface area contributed by atoms with E-state index in [1.165, 1.54) is 18.2 Å². The highest BCUT2D eigenvalue weighted by Crippen LogP contribution is 2.33. The molecule has 0 spiro atoms. The number of esters is 4. The van der Waals surface area contributed by atoms with Crippen LogP contribution in [0.3, 0.4) is 0 Å². The molecule has 3 aromatic rings. The summed E-state index contributed by atoms with van der Waals surface area (Å²) in [6, 6.07) is 21.6. The van der Waals surface area contributed by atoms with Crippen molar-refractivity contribution in [3.63, 3.8) is 0 Å². The van der Waals surface area contributed by atoms with E-state index in [-0.39, 0.29) is 12.0 Å². The van der Waals surface area contributed by atoms with Crippen molar-refractivity contribution in [1.29, 1.82) is 0 Å². The molecule has 8 atom stereocenters. The van der Waals surface area contributed by atoms with Crippen molar-refractivity contribution < 1.29 is 57.1 Å². The molecule has 380 valence electrons. The first kappa shape index (κ1) is 55.5. The quantitative estimate of drug-likeness (QED) is 0.0394. The molecule has 12 nitrogen and oxygen atoms in total. The van der Waals surface area contributed by atoms with E-state index >= 15 is 0 Å². The Morgan fingerprint density at radius 1 is 0.667 bits per heavy atom. The van der Waals surface area contributed by atoms with Gasteiger partial charge in [-0.15, -0.1) is 0 Å². The summed E-state index contributed by atoms with van der Waals surface area (Å²) in [7, 11) is 4.73. The monoisotopic (exact) mass is 980 g/mol. The smallest absolute Gasteiger partial charge is 0.331 e. The SMILES string of the molecule is C=C(C)C/C=C/C(=C)C[C@@H](C)[C@H]1OC(=O)[C@H](C)/C=C/C=C/[C@@H](OC(=O)/C=C/c2ccc(OC)cc2)[C@H](OC(=O)/C=C/c2ccc(OC)cc2)/C=C/CC[C@H]2CC[C@H](O2)[C@H]1OC(=O)/C=C/c1ccc(OC)cc1. The maximum Gasteiger partial charge on any atom is 0.331 e. The van der Waals surface area contributed by atoms with Gasteiger partial charge in [0.05, 0.1) is 39.5 Å². The van der Waals surface area contributed by atoms with Gasteiger partial charge in [0.25, 0.3) is 0 Å². The molecular formula is C60H68O12. The zero-order valence-electron chi connectivity index (χ0n) is 42.2. The molecule has 2 heterocycles. The van der Waals surface area contributed by atoms with E-state index in [2.05, 4.69) is 13.2 Å². The van der Waals surface area contributed by atoms with Crippen LogP contribution in [-0.2, 0) is 42.9 Å². The lowest BCUT2D eigenvalue weighted by Gasteiger charge is -2.35. The summed E-state index contributed by atoms with van der Waals surface area (Å²) in [5, 5.41) is 0. The third kappa shape index (κ3) is 18.7. The summed E-state index contributed by atoms with van der Waals surface area (Å²) in [6.45, 7) is 13.8. The zero-order chi connectivity index (χ0) is 51.8. The number of methoxy groups -OCH3 is 3. The standard InChI is InChI=1S/C60H68O12/c1-41(2)14-13-15-42(3)40-44(5)58-59(71-57(63)39-28-47-24-33-50(67-8)34-25-47)54-36-35-51(68-54)17-10-12-19-53(70-56(62)38-27-46-22-31-49(66-7)32-23-46)52(18-11-9-16-43(4)60(64)72-58)69-55(61)37-26-45-20-29-48(65-6)30-21-45/h9,11-13,15-16,18-34,37-39,43-44,51-54,58-59H,1,3,10,14,17,35-36,40H2,2,4-8H3/b15-13+,16-9+,18-11+,19-12+,37-26+,38-27+,39-28+/t43-,44-,51+,52-,53-,54+,58-,59-/m1/s1. The number of ether oxygens (including phenoxy) is 8. The van der Waals surface area contributed by atoms with E-state index in [1.807, 2.05) is 44.2 Å². The number of carbonyl (C=O) groups excluding carboxylic acids is 4. The van der Waals surface area contributed by atoms with Gasteiger partial charge in [-0.05, 0) is 136 Å². The summed E-state index contributed by atoms with van der Waals surface area (Å²) in [5.41, 5.74) is 4.06. The molecule has 0 unspecified atom stereocenters. The van der Waals surface area contributed by atoms with Crippen molar-refractivity contribution in [3.05, 3.63) is 181 Å². The van der Waals surface area contributed by atoms with Crippen LogP contribution in [0.2, 0.25) is 0 Å². The number of hydrogen-bond donors (Lipinski definition) is 0. The van der Waals surface area contributed by atoms with Crippen molar-refractivity contribution in [2.75, 3.05) is 21.3 Å². The molecule has 2 bridgehead atoms. The molecule has 2 aliphatic rings. The fraction of sp³-hybridized carbons (Fsp3) is 0.333. The average Bonchev–Trinajstić information content (AvgIpc) is 3.85. The van der Waals surface area contributed by atoms with Crippen molar-refractivity contribution in [2.45, 2.75) is 95.9 Å². The molecule has 1 fully saturated rings. The lowest BCUT2D eigenvalue weighted by Crippen LogP contribution is -2.47. The van der Waals surface area contributed by atoms with E-state index in [0.29, 0.717) is 55.8 Å². The molecule has 2 aliphatic heterocycles. The minimum Gasteiger partial charge on any atom is -0.497 e. The van der Waals surface area contributed by atoms with Crippen molar-refractivity contribution in [1.82, 2.24) is 0 Å². The Morgan fingerprint density at radius 2 is 1.15 bits per heavy atom. The Hall–Kier alpha value is -7.44. The predicted molar refractivity (Wildman–Crippen MR) is 281 cm³/mol. The minimum atomic E-state index is -1.09. The van der Waals surface area contributed by atoms with Crippen molar-refractivity contribution in [2.24, 2.45) is 11.8 Å². The van der Waals surface area contributed by atoms with Crippen LogP contribution in [0.4, 0.5) is 0 Å². The van der Waals surface area contributed by atoms with Crippen LogP contribution < -0.4 is 14.2 Å². The second-order valence-electron chi connectivity index (χ2n) is 17.8. The van der Waals surface area contributed by atoms with E-state index in [9.17, 15) is 19.2 Å². The van der Waals surface area contributed by atoms with Crippen LogP contribution >= 0.6 is 0 Å². The van der Waals surface area contributed by atoms with Crippen LogP contribution in [0.15, 0.2) is 164 Å². The molecule has 0 amide bonds. The number of fused-ring (bicyclic) bond motifs is 2. The highest BCUT2D eigenvalue weighted by Gasteiger charge is 2.43. The number of carbonyl (C=O) groups is 4. The van der Waals surface area contributed by atoms with E-state index in [1.54, 1.807) is 138 Å². The third-order valence-electron chi connectivity index (χ3n) is 11.9. The molecule has 0 N–H and O–H groups in total. The first-order valence-corrected chi connectivity index (χ1v) is 24.2. The van der Waals surface area contributed by atoms with Gasteiger partial charge < -0.3 is 37.9 Å². The zero-order valence-corrected chi connectivity index (χ0v) is 42.2. The van der Waals surface area contributed by atoms with Gasteiger partial charge >= 0.3 is 23.9 Å². The Labute approximate surface area is 424 Å². The molecule has 0 aromatic heterocycles. The van der Waals surface area contributed by atoms with Crippen LogP contribution in [0.1, 0.15) is 76.0 Å². The van der Waals surface area contributed by atoms with Gasteiger partial charge in [0, 0.05) is 24.1 Å². The third-order valence-corrected chi connectivity index (χ3v) is 11.9. The Morgan fingerprint density at radius 3 is 1.65 bits per heavy atom. The molecule has 0 aliphatic carbocycles. The van der Waals surface area contributed by atoms with Crippen LogP contribution in [0.25, 0.3) is 18.2 Å². The summed E-state index contributed by atoms with van der Waals surface area (Å²) in [5.74, 6) is -1.65. The van der Waals surface area contributed by atoms with Gasteiger partial charge in [0.2, 0.25) is 0 Å².